The molecule has 0 aromatic heterocycles. The van der Waals surface area contributed by atoms with Crippen molar-refractivity contribution in [3.8, 4) is 0 Å². The molecule has 4 heteroatoms. The summed E-state index contributed by atoms with van der Waals surface area (Å²) in [7, 11) is 0. The van der Waals surface area contributed by atoms with E-state index in [1.165, 1.54) is 6.42 Å². The van der Waals surface area contributed by atoms with Gasteiger partial charge in [-0.2, -0.15) is 0 Å². The molecule has 24 heavy (non-hydrogen) atoms. The Morgan fingerprint density at radius 1 is 1.08 bits per heavy atom. The molecule has 2 aromatic carbocycles. The summed E-state index contributed by atoms with van der Waals surface area (Å²) < 4.78 is 0. The molecule has 124 valence electrons. The predicted molar refractivity (Wildman–Crippen MR) is 95.2 cm³/mol. The van der Waals surface area contributed by atoms with Crippen molar-refractivity contribution in [2.75, 3.05) is 11.4 Å². The monoisotopic (exact) mass is 322 g/mol. The molecule has 0 aliphatic carbocycles. The summed E-state index contributed by atoms with van der Waals surface area (Å²) in [6, 6.07) is 12.2. The summed E-state index contributed by atoms with van der Waals surface area (Å²) in [5.41, 5.74) is 1.56. The Balaban J connectivity index is 1.66. The minimum atomic E-state index is -0.0625. The van der Waals surface area contributed by atoms with Crippen LogP contribution in [0.3, 0.4) is 0 Å². The molecular formula is C20H22N2O2. The highest BCUT2D eigenvalue weighted by molar-refractivity contribution is 6.26. The maximum Gasteiger partial charge on any atom is 0.259 e. The van der Waals surface area contributed by atoms with E-state index >= 15 is 0 Å². The smallest absolute Gasteiger partial charge is 0.259 e. The molecule has 2 aliphatic rings. The second-order valence-electron chi connectivity index (χ2n) is 7.00. The van der Waals surface area contributed by atoms with Crippen LogP contribution in [-0.2, 0) is 4.79 Å². The molecule has 4 nitrogen and oxygen atoms in total. The average molecular weight is 322 g/mol. The van der Waals surface area contributed by atoms with Crippen LogP contribution in [0.25, 0.3) is 10.8 Å². The molecule has 2 atom stereocenters. The second kappa shape index (κ2) is 5.62. The molecule has 4 rings (SSSR count). The summed E-state index contributed by atoms with van der Waals surface area (Å²) in [4.78, 5) is 29.4. The Morgan fingerprint density at radius 2 is 1.75 bits per heavy atom. The van der Waals surface area contributed by atoms with Crippen molar-refractivity contribution in [1.82, 2.24) is 4.90 Å². The van der Waals surface area contributed by atoms with Gasteiger partial charge in [0.1, 0.15) is 6.54 Å². The quantitative estimate of drug-likeness (QED) is 0.848. The van der Waals surface area contributed by atoms with Crippen LogP contribution in [0.4, 0.5) is 5.69 Å². The number of piperidine rings is 1. The lowest BCUT2D eigenvalue weighted by atomic mass is 9.97. The van der Waals surface area contributed by atoms with Gasteiger partial charge in [-0.3, -0.25) is 14.5 Å². The SMILES string of the molecule is CC1CCCC(C)N1C(=O)CN1C(=O)c2cccc3cccc1c23. The summed E-state index contributed by atoms with van der Waals surface area (Å²) in [6.45, 7) is 4.34. The molecule has 1 fully saturated rings. The van der Waals surface area contributed by atoms with E-state index in [0.29, 0.717) is 5.56 Å². The van der Waals surface area contributed by atoms with E-state index in [0.717, 1.165) is 29.3 Å². The molecule has 2 aromatic rings. The third-order valence-corrected chi connectivity index (χ3v) is 5.42. The fourth-order valence-electron chi connectivity index (χ4n) is 4.27. The van der Waals surface area contributed by atoms with Gasteiger partial charge in [0.2, 0.25) is 5.91 Å². The van der Waals surface area contributed by atoms with Gasteiger partial charge in [0.25, 0.3) is 5.91 Å². The molecule has 2 aliphatic heterocycles. The molecule has 0 radical (unpaired) electrons. The van der Waals surface area contributed by atoms with E-state index < -0.39 is 0 Å². The van der Waals surface area contributed by atoms with Gasteiger partial charge < -0.3 is 4.90 Å². The number of hydrogen-bond acceptors (Lipinski definition) is 2. The van der Waals surface area contributed by atoms with E-state index in [1.807, 2.05) is 41.3 Å². The maximum atomic E-state index is 12.9. The van der Waals surface area contributed by atoms with Crippen molar-refractivity contribution in [3.05, 3.63) is 42.0 Å². The first-order valence-electron chi connectivity index (χ1n) is 8.72. The molecule has 0 bridgehead atoms. The number of benzene rings is 2. The molecule has 0 saturated carbocycles. The normalized spacial score (nSPS) is 23.2. The Bertz CT molecular complexity index is 814. The first-order chi connectivity index (χ1) is 11.6. The van der Waals surface area contributed by atoms with Crippen LogP contribution in [0.5, 0.6) is 0 Å². The van der Waals surface area contributed by atoms with Gasteiger partial charge in [-0.05, 0) is 50.6 Å². The zero-order valence-electron chi connectivity index (χ0n) is 14.2. The third kappa shape index (κ3) is 2.20. The van der Waals surface area contributed by atoms with Gasteiger partial charge in [-0.25, -0.2) is 0 Å². The standard InChI is InChI=1S/C20H22N2O2/c1-13-6-3-7-14(2)22(13)18(23)12-21-17-11-5-9-15-8-4-10-16(19(15)17)20(21)24/h4-5,8-11,13-14H,3,6-7,12H2,1-2H3. The number of rotatable bonds is 2. The van der Waals surface area contributed by atoms with Crippen LogP contribution in [0.1, 0.15) is 43.5 Å². The van der Waals surface area contributed by atoms with Gasteiger partial charge >= 0.3 is 0 Å². The first-order valence-corrected chi connectivity index (χ1v) is 8.72. The largest absolute Gasteiger partial charge is 0.336 e. The summed E-state index contributed by atoms with van der Waals surface area (Å²) in [5.74, 6) is -0.0136. The number of hydrogen-bond donors (Lipinski definition) is 0. The topological polar surface area (TPSA) is 40.6 Å². The molecule has 2 heterocycles. The highest BCUT2D eigenvalue weighted by Crippen LogP contribution is 2.37. The van der Waals surface area contributed by atoms with E-state index in [9.17, 15) is 9.59 Å². The molecule has 2 amide bonds. The Hall–Kier alpha value is -2.36. The number of carbonyl (C=O) groups excluding carboxylic acids is 2. The van der Waals surface area contributed by atoms with E-state index in [2.05, 4.69) is 13.8 Å². The zero-order valence-corrected chi connectivity index (χ0v) is 14.2. The van der Waals surface area contributed by atoms with Crippen LogP contribution in [0, 0.1) is 0 Å². The summed E-state index contributed by atoms with van der Waals surface area (Å²) >= 11 is 0. The van der Waals surface area contributed by atoms with Crippen LogP contribution in [0.15, 0.2) is 36.4 Å². The molecule has 0 N–H and O–H groups in total. The average Bonchev–Trinajstić information content (AvgIpc) is 2.83. The zero-order chi connectivity index (χ0) is 16.8. The Labute approximate surface area is 142 Å². The van der Waals surface area contributed by atoms with Crippen LogP contribution >= 0.6 is 0 Å². The Morgan fingerprint density at radius 3 is 2.46 bits per heavy atom. The summed E-state index contributed by atoms with van der Waals surface area (Å²) in [6.07, 6.45) is 3.25. The van der Waals surface area contributed by atoms with Gasteiger partial charge in [0.15, 0.2) is 0 Å². The van der Waals surface area contributed by atoms with E-state index in [1.54, 1.807) is 4.90 Å². The number of anilines is 1. The fraction of sp³-hybridized carbons (Fsp3) is 0.400. The van der Waals surface area contributed by atoms with Crippen LogP contribution in [-0.4, -0.2) is 35.3 Å². The van der Waals surface area contributed by atoms with Crippen molar-refractivity contribution >= 4 is 28.3 Å². The summed E-state index contributed by atoms with van der Waals surface area (Å²) in [5, 5.41) is 2.02. The van der Waals surface area contributed by atoms with Gasteiger partial charge in [-0.15, -0.1) is 0 Å². The lowest BCUT2D eigenvalue weighted by Crippen LogP contribution is -2.51. The van der Waals surface area contributed by atoms with Gasteiger partial charge in [0, 0.05) is 23.0 Å². The van der Waals surface area contributed by atoms with E-state index in [-0.39, 0.29) is 30.4 Å². The molecular weight excluding hydrogens is 300 g/mol. The first kappa shape index (κ1) is 15.2. The maximum absolute atomic E-state index is 12.9. The number of nitrogens with zero attached hydrogens (tertiary/aromatic N) is 2. The fourth-order valence-corrected chi connectivity index (χ4v) is 4.27. The second-order valence-corrected chi connectivity index (χ2v) is 7.00. The van der Waals surface area contributed by atoms with Crippen LogP contribution < -0.4 is 4.90 Å². The van der Waals surface area contributed by atoms with Crippen molar-refractivity contribution in [2.24, 2.45) is 0 Å². The minimum Gasteiger partial charge on any atom is -0.336 e. The van der Waals surface area contributed by atoms with E-state index in [4.69, 9.17) is 0 Å². The molecule has 1 saturated heterocycles. The van der Waals surface area contributed by atoms with Crippen molar-refractivity contribution in [2.45, 2.75) is 45.2 Å². The van der Waals surface area contributed by atoms with Crippen molar-refractivity contribution < 1.29 is 9.59 Å². The van der Waals surface area contributed by atoms with Gasteiger partial charge in [-0.1, -0.05) is 24.3 Å². The number of carbonyl (C=O) groups is 2. The van der Waals surface area contributed by atoms with Crippen LogP contribution in [0.2, 0.25) is 0 Å². The number of amides is 2. The molecule has 2 unspecified atom stereocenters. The highest BCUT2D eigenvalue weighted by atomic mass is 16.2. The van der Waals surface area contributed by atoms with Crippen molar-refractivity contribution in [1.29, 1.82) is 0 Å². The molecule has 0 spiro atoms. The third-order valence-electron chi connectivity index (χ3n) is 5.42. The highest BCUT2D eigenvalue weighted by Gasteiger charge is 2.35. The van der Waals surface area contributed by atoms with Crippen molar-refractivity contribution in [3.63, 3.8) is 0 Å². The van der Waals surface area contributed by atoms with Gasteiger partial charge in [0.05, 0.1) is 5.69 Å². The number of likely N-dealkylation sites (tertiary alicyclic amines) is 1. The lowest BCUT2D eigenvalue weighted by Gasteiger charge is -2.39. The predicted octanol–water partition coefficient (Wildman–Crippen LogP) is 3.59. The minimum absolute atomic E-state index is 0.0489. The Kier molecular flexibility index (Phi) is 3.56. The lowest BCUT2D eigenvalue weighted by molar-refractivity contribution is -0.135.